The molecule has 2 aliphatic rings. The van der Waals surface area contributed by atoms with Crippen LogP contribution in [0, 0.1) is 0 Å². The summed E-state index contributed by atoms with van der Waals surface area (Å²) < 4.78 is 9.91. The number of hydrogen-bond acceptors (Lipinski definition) is 6. The highest BCUT2D eigenvalue weighted by molar-refractivity contribution is 5.92. The zero-order chi connectivity index (χ0) is 17.9. The van der Waals surface area contributed by atoms with Crippen molar-refractivity contribution in [3.8, 4) is 0 Å². The third-order valence-electron chi connectivity index (χ3n) is 5.51. The molecule has 0 radical (unpaired) electrons. The molecular formula is C17H26N4O4. The third-order valence-corrected chi connectivity index (χ3v) is 5.51. The number of rotatable bonds is 4. The Bertz CT molecular complexity index is 606. The van der Waals surface area contributed by atoms with E-state index in [1.807, 2.05) is 9.80 Å². The van der Waals surface area contributed by atoms with Gasteiger partial charge in [-0.2, -0.15) is 0 Å². The van der Waals surface area contributed by atoms with Crippen LogP contribution in [-0.4, -0.2) is 90.7 Å². The molecule has 2 amide bonds. The first-order valence-corrected chi connectivity index (χ1v) is 8.73. The minimum Gasteiger partial charge on any atom is -0.383 e. The van der Waals surface area contributed by atoms with Gasteiger partial charge in [0.15, 0.2) is 5.69 Å². The largest absolute Gasteiger partial charge is 0.383 e. The molecule has 1 aromatic rings. The number of piperazine rings is 1. The maximum Gasteiger partial charge on any atom is 0.276 e. The van der Waals surface area contributed by atoms with Crippen LogP contribution in [-0.2, 0) is 9.53 Å². The maximum atomic E-state index is 12.6. The Morgan fingerprint density at radius 2 is 2.20 bits per heavy atom. The van der Waals surface area contributed by atoms with E-state index < -0.39 is 0 Å². The third kappa shape index (κ3) is 3.69. The number of likely N-dealkylation sites (tertiary alicyclic amines) is 1. The van der Waals surface area contributed by atoms with Gasteiger partial charge in [0.25, 0.3) is 5.91 Å². The van der Waals surface area contributed by atoms with Crippen molar-refractivity contribution < 1.29 is 18.8 Å². The van der Waals surface area contributed by atoms with Gasteiger partial charge in [0.1, 0.15) is 6.26 Å². The monoisotopic (exact) mass is 350 g/mol. The van der Waals surface area contributed by atoms with E-state index in [0.29, 0.717) is 44.9 Å². The molecule has 2 saturated heterocycles. The summed E-state index contributed by atoms with van der Waals surface area (Å²) in [7, 11) is 3.74. The second kappa shape index (κ2) is 7.53. The van der Waals surface area contributed by atoms with Crippen molar-refractivity contribution >= 4 is 11.8 Å². The van der Waals surface area contributed by atoms with Gasteiger partial charge in [0, 0.05) is 57.9 Å². The van der Waals surface area contributed by atoms with Crippen LogP contribution in [0.3, 0.4) is 0 Å². The molecule has 0 aromatic carbocycles. The van der Waals surface area contributed by atoms with Crippen molar-refractivity contribution in [3.05, 3.63) is 18.0 Å². The number of aromatic nitrogens is 1. The van der Waals surface area contributed by atoms with E-state index >= 15 is 0 Å². The number of carbonyl (C=O) groups is 2. The van der Waals surface area contributed by atoms with Crippen LogP contribution in [0.5, 0.6) is 0 Å². The molecule has 3 heterocycles. The van der Waals surface area contributed by atoms with Gasteiger partial charge in [-0.3, -0.25) is 14.5 Å². The summed E-state index contributed by atoms with van der Waals surface area (Å²) in [6.07, 6.45) is 3.52. The van der Waals surface area contributed by atoms with Gasteiger partial charge in [0.2, 0.25) is 5.91 Å². The Balaban J connectivity index is 1.72. The standard InChI is InChI=1S/C17H26N4O4/c1-19-8-9-21(16(23)14-4-11-25-18-14)13-17(19)5-3-15(22)20(7-6-17)10-12-24-2/h4,11H,3,5-10,12-13H2,1-2H3/t17-/m1/s1. The van der Waals surface area contributed by atoms with Crippen molar-refractivity contribution in [2.75, 3.05) is 53.5 Å². The fourth-order valence-electron chi connectivity index (χ4n) is 3.79. The summed E-state index contributed by atoms with van der Waals surface area (Å²) in [5.41, 5.74) is 0.168. The molecule has 1 aromatic heterocycles. The van der Waals surface area contributed by atoms with Gasteiger partial charge in [-0.25, -0.2) is 0 Å². The SMILES string of the molecule is COCCN1CC[C@]2(CCC1=O)CN(C(=O)c1ccon1)CCN2C. The lowest BCUT2D eigenvalue weighted by Gasteiger charge is -2.49. The number of amides is 2. The van der Waals surface area contributed by atoms with E-state index in [9.17, 15) is 9.59 Å². The van der Waals surface area contributed by atoms with Crippen molar-refractivity contribution in [2.45, 2.75) is 24.8 Å². The van der Waals surface area contributed by atoms with Gasteiger partial charge in [0.05, 0.1) is 6.61 Å². The first-order valence-electron chi connectivity index (χ1n) is 8.73. The predicted molar refractivity (Wildman–Crippen MR) is 90.1 cm³/mol. The molecule has 8 heteroatoms. The average molecular weight is 350 g/mol. The fraction of sp³-hybridized carbons (Fsp3) is 0.706. The highest BCUT2D eigenvalue weighted by atomic mass is 16.5. The highest BCUT2D eigenvalue weighted by Crippen LogP contribution is 2.32. The second-order valence-electron chi connectivity index (χ2n) is 6.88. The summed E-state index contributed by atoms with van der Waals surface area (Å²) in [5.74, 6) is 0.0651. The van der Waals surface area contributed by atoms with Crippen LogP contribution >= 0.6 is 0 Å². The van der Waals surface area contributed by atoms with Crippen LogP contribution in [0.25, 0.3) is 0 Å². The molecule has 0 unspecified atom stereocenters. The number of nitrogens with zero attached hydrogens (tertiary/aromatic N) is 4. The highest BCUT2D eigenvalue weighted by Gasteiger charge is 2.43. The van der Waals surface area contributed by atoms with Crippen LogP contribution in [0.4, 0.5) is 0 Å². The molecular weight excluding hydrogens is 324 g/mol. The number of likely N-dealkylation sites (N-methyl/N-ethyl adjacent to an activating group) is 1. The lowest BCUT2D eigenvalue weighted by molar-refractivity contribution is -0.131. The number of hydrogen-bond donors (Lipinski definition) is 0. The molecule has 0 bridgehead atoms. The molecule has 0 saturated carbocycles. The number of ether oxygens (including phenoxy) is 1. The minimum atomic E-state index is -0.172. The zero-order valence-electron chi connectivity index (χ0n) is 14.9. The summed E-state index contributed by atoms with van der Waals surface area (Å²) >= 11 is 0. The summed E-state index contributed by atoms with van der Waals surface area (Å²) in [5, 5.41) is 3.76. The van der Waals surface area contributed by atoms with Crippen LogP contribution < -0.4 is 0 Å². The van der Waals surface area contributed by atoms with Crippen molar-refractivity contribution in [2.24, 2.45) is 0 Å². The lowest BCUT2D eigenvalue weighted by atomic mass is 9.86. The molecule has 1 spiro atoms. The molecule has 138 valence electrons. The van der Waals surface area contributed by atoms with Gasteiger partial charge in [-0.1, -0.05) is 5.16 Å². The molecule has 25 heavy (non-hydrogen) atoms. The van der Waals surface area contributed by atoms with E-state index in [0.717, 1.165) is 19.4 Å². The number of methoxy groups -OCH3 is 1. The maximum absolute atomic E-state index is 12.6. The van der Waals surface area contributed by atoms with E-state index in [-0.39, 0.29) is 17.4 Å². The summed E-state index contributed by atoms with van der Waals surface area (Å²) in [4.78, 5) is 31.1. The molecule has 0 aliphatic carbocycles. The molecule has 2 fully saturated rings. The quantitative estimate of drug-likeness (QED) is 0.785. The number of carbonyl (C=O) groups excluding carboxylic acids is 2. The predicted octanol–water partition coefficient (Wildman–Crippen LogP) is 0.460. The van der Waals surface area contributed by atoms with Gasteiger partial charge >= 0.3 is 0 Å². The molecule has 3 rings (SSSR count). The first-order chi connectivity index (χ1) is 12.1. The van der Waals surface area contributed by atoms with Crippen LogP contribution in [0.15, 0.2) is 16.9 Å². The zero-order valence-corrected chi connectivity index (χ0v) is 14.9. The van der Waals surface area contributed by atoms with Crippen LogP contribution in [0.2, 0.25) is 0 Å². The van der Waals surface area contributed by atoms with Crippen molar-refractivity contribution in [1.82, 2.24) is 19.9 Å². The molecule has 2 aliphatic heterocycles. The normalized spacial score (nSPS) is 25.4. The average Bonchev–Trinajstić information content (AvgIpc) is 3.10. The molecule has 1 atom stereocenters. The Morgan fingerprint density at radius 3 is 2.92 bits per heavy atom. The molecule has 8 nitrogen and oxygen atoms in total. The van der Waals surface area contributed by atoms with E-state index in [1.165, 1.54) is 6.26 Å². The smallest absolute Gasteiger partial charge is 0.276 e. The lowest BCUT2D eigenvalue weighted by Crippen LogP contribution is -2.62. The van der Waals surface area contributed by atoms with Crippen LogP contribution in [0.1, 0.15) is 29.8 Å². The minimum absolute atomic E-state index is 0.104. The first kappa shape index (κ1) is 17.9. The van der Waals surface area contributed by atoms with E-state index in [2.05, 4.69) is 17.1 Å². The van der Waals surface area contributed by atoms with Gasteiger partial charge in [-0.15, -0.1) is 0 Å². The van der Waals surface area contributed by atoms with E-state index in [4.69, 9.17) is 9.26 Å². The Hall–Kier alpha value is -1.93. The van der Waals surface area contributed by atoms with Crippen molar-refractivity contribution in [1.29, 1.82) is 0 Å². The van der Waals surface area contributed by atoms with Gasteiger partial charge in [-0.05, 0) is 19.9 Å². The van der Waals surface area contributed by atoms with E-state index in [1.54, 1.807) is 13.2 Å². The van der Waals surface area contributed by atoms with Gasteiger partial charge < -0.3 is 19.1 Å². The summed E-state index contributed by atoms with van der Waals surface area (Å²) in [6.45, 7) is 3.92. The molecule has 0 N–H and O–H groups in total. The summed E-state index contributed by atoms with van der Waals surface area (Å²) in [6, 6.07) is 1.59. The topological polar surface area (TPSA) is 79.1 Å². The Labute approximate surface area is 147 Å². The second-order valence-corrected chi connectivity index (χ2v) is 6.88. The Morgan fingerprint density at radius 1 is 1.36 bits per heavy atom. The van der Waals surface area contributed by atoms with Crippen molar-refractivity contribution in [3.63, 3.8) is 0 Å². The Kier molecular flexibility index (Phi) is 5.39. The fourth-order valence-corrected chi connectivity index (χ4v) is 3.79.